The molecule has 0 aromatic carbocycles. The van der Waals surface area contributed by atoms with Gasteiger partial charge in [-0.2, -0.15) is 4.39 Å². The van der Waals surface area contributed by atoms with Crippen LogP contribution in [0, 0.1) is 5.95 Å². The first-order chi connectivity index (χ1) is 5.11. The highest BCUT2D eigenvalue weighted by Gasteiger charge is 2.09. The van der Waals surface area contributed by atoms with E-state index in [0.717, 1.165) is 12.3 Å². The van der Waals surface area contributed by atoms with E-state index in [-0.39, 0.29) is 11.3 Å². The van der Waals surface area contributed by atoms with Gasteiger partial charge < -0.3 is 5.73 Å². The summed E-state index contributed by atoms with van der Waals surface area (Å²) in [5, 5.41) is -0.901. The normalized spacial score (nSPS) is 9.64. The minimum absolute atomic E-state index is 0.204. The Hall–Kier alpha value is -1.16. The number of hydrogen-bond donors (Lipinski definition) is 1. The highest BCUT2D eigenvalue weighted by molar-refractivity contribution is 6.67. The second kappa shape index (κ2) is 2.84. The SMILES string of the molecule is Nc1cnc(F)c(C(=O)Cl)c1. The van der Waals surface area contributed by atoms with Gasteiger partial charge in [-0.1, -0.05) is 0 Å². The van der Waals surface area contributed by atoms with Crippen LogP contribution in [0.3, 0.4) is 0 Å². The van der Waals surface area contributed by atoms with Crippen molar-refractivity contribution in [1.82, 2.24) is 4.98 Å². The molecule has 2 N–H and O–H groups in total. The molecule has 0 fully saturated rings. The second-order valence-corrected chi connectivity index (χ2v) is 2.22. The fraction of sp³-hybridized carbons (Fsp3) is 0. The van der Waals surface area contributed by atoms with Crippen LogP contribution in [0.4, 0.5) is 10.1 Å². The number of halogens is 2. The molecule has 0 aliphatic carbocycles. The van der Waals surface area contributed by atoms with Gasteiger partial charge in [0.05, 0.1) is 17.4 Å². The molecule has 0 unspecified atom stereocenters. The number of pyridine rings is 1. The summed E-state index contributed by atoms with van der Waals surface area (Å²) < 4.78 is 12.5. The third-order valence-electron chi connectivity index (χ3n) is 1.07. The van der Waals surface area contributed by atoms with Crippen molar-refractivity contribution in [2.75, 3.05) is 5.73 Å². The van der Waals surface area contributed by atoms with E-state index in [1.54, 1.807) is 0 Å². The summed E-state index contributed by atoms with van der Waals surface area (Å²) in [6, 6.07) is 1.14. The summed E-state index contributed by atoms with van der Waals surface area (Å²) in [6.07, 6.45) is 1.11. The lowest BCUT2D eigenvalue weighted by atomic mass is 10.3. The highest BCUT2D eigenvalue weighted by Crippen LogP contribution is 2.10. The number of nitrogen functional groups attached to an aromatic ring is 1. The number of carbonyl (C=O) groups is 1. The smallest absolute Gasteiger partial charge is 0.257 e. The monoisotopic (exact) mass is 174 g/mol. The molecule has 58 valence electrons. The number of nitrogens with zero attached hydrogens (tertiary/aromatic N) is 1. The molecule has 0 spiro atoms. The van der Waals surface area contributed by atoms with E-state index in [4.69, 9.17) is 17.3 Å². The van der Waals surface area contributed by atoms with Gasteiger partial charge in [0.15, 0.2) is 0 Å². The molecule has 0 saturated heterocycles. The molecule has 11 heavy (non-hydrogen) atoms. The summed E-state index contributed by atoms with van der Waals surface area (Å²) in [7, 11) is 0. The standard InChI is InChI=1S/C6H4ClFN2O/c7-5(11)4-1-3(9)2-10-6(4)8/h1-2H,9H2. The van der Waals surface area contributed by atoms with Gasteiger partial charge >= 0.3 is 0 Å². The lowest BCUT2D eigenvalue weighted by Crippen LogP contribution is -1.99. The molecule has 0 aliphatic heterocycles. The van der Waals surface area contributed by atoms with E-state index >= 15 is 0 Å². The number of hydrogen-bond acceptors (Lipinski definition) is 3. The van der Waals surface area contributed by atoms with Crippen molar-refractivity contribution < 1.29 is 9.18 Å². The predicted molar refractivity (Wildman–Crippen MR) is 38.8 cm³/mol. The quantitative estimate of drug-likeness (QED) is 0.514. The summed E-state index contributed by atoms with van der Waals surface area (Å²) in [6.45, 7) is 0. The molecule has 5 heteroatoms. The molecule has 3 nitrogen and oxygen atoms in total. The number of carbonyl (C=O) groups excluding carboxylic acids is 1. The molecular weight excluding hydrogens is 171 g/mol. The molecule has 0 saturated carbocycles. The first-order valence-electron chi connectivity index (χ1n) is 2.72. The third-order valence-corrected chi connectivity index (χ3v) is 1.28. The molecular formula is C6H4ClFN2O. The number of nitrogens with two attached hydrogens (primary N) is 1. The van der Waals surface area contributed by atoms with Gasteiger partial charge in [-0.3, -0.25) is 4.79 Å². The van der Waals surface area contributed by atoms with E-state index in [1.807, 2.05) is 0 Å². The maximum absolute atomic E-state index is 12.5. The molecule has 0 amide bonds. The third kappa shape index (κ3) is 1.65. The Kier molecular flexibility index (Phi) is 2.05. The number of anilines is 1. The summed E-state index contributed by atoms with van der Waals surface area (Å²) >= 11 is 5.01. The zero-order valence-corrected chi connectivity index (χ0v) is 6.10. The first kappa shape index (κ1) is 7.94. The Balaban J connectivity index is 3.23. The van der Waals surface area contributed by atoms with Crippen molar-refractivity contribution in [3.63, 3.8) is 0 Å². The summed E-state index contributed by atoms with van der Waals surface area (Å²) in [5.74, 6) is -0.904. The van der Waals surface area contributed by atoms with Gasteiger partial charge in [0.25, 0.3) is 5.24 Å². The van der Waals surface area contributed by atoms with Crippen molar-refractivity contribution in [3.05, 3.63) is 23.8 Å². The van der Waals surface area contributed by atoms with Gasteiger partial charge in [-0.15, -0.1) is 0 Å². The fourth-order valence-corrected chi connectivity index (χ4v) is 0.735. The van der Waals surface area contributed by atoms with Crippen LogP contribution >= 0.6 is 11.6 Å². The van der Waals surface area contributed by atoms with Crippen LogP contribution in [0.15, 0.2) is 12.3 Å². The van der Waals surface area contributed by atoms with Crippen LogP contribution in [0.5, 0.6) is 0 Å². The lowest BCUT2D eigenvalue weighted by Gasteiger charge is -1.96. The van der Waals surface area contributed by atoms with Crippen LogP contribution in [0.1, 0.15) is 10.4 Å². The van der Waals surface area contributed by atoms with Gasteiger partial charge in [-0.05, 0) is 17.7 Å². The van der Waals surface area contributed by atoms with Crippen LogP contribution in [0.2, 0.25) is 0 Å². The van der Waals surface area contributed by atoms with Crippen molar-refractivity contribution in [2.24, 2.45) is 0 Å². The maximum atomic E-state index is 12.5. The van der Waals surface area contributed by atoms with Crippen molar-refractivity contribution >= 4 is 22.5 Å². The minimum atomic E-state index is -0.904. The Bertz CT molecular complexity index is 303. The van der Waals surface area contributed by atoms with Crippen molar-refractivity contribution in [3.8, 4) is 0 Å². The van der Waals surface area contributed by atoms with E-state index in [9.17, 15) is 9.18 Å². The Morgan fingerprint density at radius 3 is 2.82 bits per heavy atom. The Morgan fingerprint density at radius 2 is 2.36 bits per heavy atom. The maximum Gasteiger partial charge on any atom is 0.257 e. The fourth-order valence-electron chi connectivity index (χ4n) is 0.602. The zero-order valence-electron chi connectivity index (χ0n) is 5.34. The Morgan fingerprint density at radius 1 is 1.73 bits per heavy atom. The molecule has 0 atom stereocenters. The number of rotatable bonds is 1. The van der Waals surface area contributed by atoms with Crippen LogP contribution < -0.4 is 5.73 Å². The van der Waals surface area contributed by atoms with Crippen LogP contribution in [-0.4, -0.2) is 10.2 Å². The van der Waals surface area contributed by atoms with E-state index in [0.29, 0.717) is 0 Å². The molecule has 1 heterocycles. The topological polar surface area (TPSA) is 56.0 Å². The predicted octanol–water partition coefficient (Wildman–Crippen LogP) is 1.18. The first-order valence-corrected chi connectivity index (χ1v) is 3.10. The van der Waals surface area contributed by atoms with E-state index in [2.05, 4.69) is 4.98 Å². The van der Waals surface area contributed by atoms with Gasteiger partial charge in [0.2, 0.25) is 5.95 Å². The minimum Gasteiger partial charge on any atom is -0.397 e. The van der Waals surface area contributed by atoms with Crippen molar-refractivity contribution in [2.45, 2.75) is 0 Å². The summed E-state index contributed by atoms with van der Waals surface area (Å²) in [5.41, 5.74) is 5.13. The molecule has 0 bridgehead atoms. The Labute approximate surface area is 67.0 Å². The molecule has 1 rings (SSSR count). The average molecular weight is 175 g/mol. The highest BCUT2D eigenvalue weighted by atomic mass is 35.5. The van der Waals surface area contributed by atoms with E-state index < -0.39 is 11.2 Å². The molecule has 0 radical (unpaired) electrons. The molecule has 1 aromatic heterocycles. The molecule has 0 aliphatic rings. The average Bonchev–Trinajstić information content (AvgIpc) is 1.94. The second-order valence-electron chi connectivity index (χ2n) is 1.88. The van der Waals surface area contributed by atoms with Gasteiger partial charge in [0.1, 0.15) is 0 Å². The van der Waals surface area contributed by atoms with Crippen LogP contribution in [0.25, 0.3) is 0 Å². The molecule has 1 aromatic rings. The summed E-state index contributed by atoms with van der Waals surface area (Å²) in [4.78, 5) is 13.7. The zero-order chi connectivity index (χ0) is 8.43. The van der Waals surface area contributed by atoms with E-state index in [1.165, 1.54) is 0 Å². The van der Waals surface area contributed by atoms with Crippen LogP contribution in [-0.2, 0) is 0 Å². The van der Waals surface area contributed by atoms with Crippen molar-refractivity contribution in [1.29, 1.82) is 0 Å². The van der Waals surface area contributed by atoms with Gasteiger partial charge in [0, 0.05) is 0 Å². The number of aromatic nitrogens is 1. The lowest BCUT2D eigenvalue weighted by molar-refractivity contribution is 0.107. The largest absolute Gasteiger partial charge is 0.397 e. The van der Waals surface area contributed by atoms with Gasteiger partial charge in [-0.25, -0.2) is 4.98 Å².